The lowest BCUT2D eigenvalue weighted by atomic mass is 10.2. The Kier molecular flexibility index (Phi) is 4.84. The Balaban J connectivity index is 1.99. The van der Waals surface area contributed by atoms with Crippen molar-refractivity contribution in [1.82, 2.24) is 19.9 Å². The number of hydrogen-bond donors (Lipinski definition) is 1. The average molecular weight is 274 g/mol. The molecule has 0 aromatic carbocycles. The molecule has 2 rings (SSSR count). The molecule has 106 valence electrons. The topological polar surface area (TPSA) is 69.0 Å². The molecule has 0 spiro atoms. The Hall–Kier alpha value is -2.21. The molecule has 0 aliphatic heterocycles. The summed E-state index contributed by atoms with van der Waals surface area (Å²) in [6, 6.07) is 3.53. The van der Waals surface area contributed by atoms with Gasteiger partial charge in [0, 0.05) is 18.9 Å². The first kappa shape index (κ1) is 14.2. The number of carbonyl (C=O) groups is 1. The summed E-state index contributed by atoms with van der Waals surface area (Å²) in [6.07, 6.45) is 5.29. The fraction of sp³-hybridized carbons (Fsp3) is 0.357. The number of pyridine rings is 1. The van der Waals surface area contributed by atoms with Crippen LogP contribution in [0.15, 0.2) is 30.9 Å². The van der Waals surface area contributed by atoms with Gasteiger partial charge in [-0.1, -0.05) is 6.92 Å². The molecule has 2 heterocycles. The summed E-state index contributed by atoms with van der Waals surface area (Å²) in [4.78, 5) is 19.9. The van der Waals surface area contributed by atoms with Gasteiger partial charge in [-0.15, -0.1) is 0 Å². The summed E-state index contributed by atoms with van der Waals surface area (Å²) in [7, 11) is 1.35. The van der Waals surface area contributed by atoms with Gasteiger partial charge in [-0.05, 0) is 18.7 Å². The van der Waals surface area contributed by atoms with Gasteiger partial charge >= 0.3 is 5.97 Å². The van der Waals surface area contributed by atoms with Crippen LogP contribution in [0.4, 0.5) is 0 Å². The van der Waals surface area contributed by atoms with E-state index >= 15 is 0 Å². The predicted octanol–water partition coefficient (Wildman–Crippen LogP) is 1.22. The fourth-order valence-corrected chi connectivity index (χ4v) is 1.78. The summed E-state index contributed by atoms with van der Waals surface area (Å²) < 4.78 is 6.60. The minimum atomic E-state index is -0.375. The van der Waals surface area contributed by atoms with Crippen molar-refractivity contribution in [3.8, 4) is 0 Å². The molecule has 0 aliphatic carbocycles. The molecule has 2 aromatic rings. The third kappa shape index (κ3) is 3.64. The van der Waals surface area contributed by atoms with Crippen LogP contribution >= 0.6 is 0 Å². The summed E-state index contributed by atoms with van der Waals surface area (Å²) in [5, 5.41) is 3.23. The first-order valence-electron chi connectivity index (χ1n) is 6.47. The first-order chi connectivity index (χ1) is 9.72. The van der Waals surface area contributed by atoms with Crippen LogP contribution in [0, 0.1) is 0 Å². The largest absolute Gasteiger partial charge is 0.465 e. The van der Waals surface area contributed by atoms with Crippen LogP contribution in [-0.2, 0) is 17.8 Å². The van der Waals surface area contributed by atoms with Crippen LogP contribution < -0.4 is 5.32 Å². The van der Waals surface area contributed by atoms with E-state index in [1.54, 1.807) is 12.4 Å². The smallest absolute Gasteiger partial charge is 0.339 e. The fourth-order valence-electron chi connectivity index (χ4n) is 1.78. The van der Waals surface area contributed by atoms with E-state index in [0.29, 0.717) is 12.1 Å². The van der Waals surface area contributed by atoms with Gasteiger partial charge in [0.05, 0.1) is 36.9 Å². The number of methoxy groups -OCH3 is 1. The third-order valence-corrected chi connectivity index (χ3v) is 2.83. The lowest BCUT2D eigenvalue weighted by Gasteiger charge is -2.03. The molecule has 6 heteroatoms. The van der Waals surface area contributed by atoms with Gasteiger partial charge in [-0.3, -0.25) is 4.98 Å². The van der Waals surface area contributed by atoms with Crippen LogP contribution in [0.2, 0.25) is 0 Å². The molecule has 6 nitrogen and oxygen atoms in total. The average Bonchev–Trinajstić information content (AvgIpc) is 2.92. The van der Waals surface area contributed by atoms with Gasteiger partial charge in [0.15, 0.2) is 0 Å². The van der Waals surface area contributed by atoms with Crippen molar-refractivity contribution in [1.29, 1.82) is 0 Å². The minimum Gasteiger partial charge on any atom is -0.465 e. The van der Waals surface area contributed by atoms with Crippen molar-refractivity contribution in [3.05, 3.63) is 47.8 Å². The highest BCUT2D eigenvalue weighted by atomic mass is 16.5. The lowest BCUT2D eigenvalue weighted by Crippen LogP contribution is -2.11. The zero-order chi connectivity index (χ0) is 14.4. The zero-order valence-corrected chi connectivity index (χ0v) is 11.7. The Labute approximate surface area is 117 Å². The molecule has 1 N–H and O–H groups in total. The predicted molar refractivity (Wildman–Crippen MR) is 74.3 cm³/mol. The van der Waals surface area contributed by atoms with Crippen LogP contribution in [-0.4, -0.2) is 34.2 Å². The summed E-state index contributed by atoms with van der Waals surface area (Å²) in [5.74, 6) is -0.375. The highest BCUT2D eigenvalue weighted by Gasteiger charge is 2.06. The molecule has 0 saturated carbocycles. The second-order valence-electron chi connectivity index (χ2n) is 4.35. The van der Waals surface area contributed by atoms with E-state index in [1.165, 1.54) is 13.3 Å². The highest BCUT2D eigenvalue weighted by molar-refractivity contribution is 5.88. The van der Waals surface area contributed by atoms with Gasteiger partial charge < -0.3 is 14.6 Å². The van der Waals surface area contributed by atoms with Gasteiger partial charge in [0.1, 0.15) is 0 Å². The van der Waals surface area contributed by atoms with E-state index in [-0.39, 0.29) is 5.97 Å². The summed E-state index contributed by atoms with van der Waals surface area (Å²) in [6.45, 7) is 4.37. The number of imidazole rings is 1. The van der Waals surface area contributed by atoms with E-state index < -0.39 is 0 Å². The van der Waals surface area contributed by atoms with Crippen molar-refractivity contribution in [2.75, 3.05) is 13.7 Å². The van der Waals surface area contributed by atoms with Crippen LogP contribution in [0.5, 0.6) is 0 Å². The quantitative estimate of drug-likeness (QED) is 0.802. The minimum absolute atomic E-state index is 0.375. The van der Waals surface area contributed by atoms with Crippen LogP contribution in [0.3, 0.4) is 0 Å². The molecule has 0 unspecified atom stereocenters. The number of esters is 1. The molecule has 0 bridgehead atoms. The van der Waals surface area contributed by atoms with Gasteiger partial charge in [0.25, 0.3) is 0 Å². The molecule has 0 atom stereocenters. The van der Waals surface area contributed by atoms with Crippen LogP contribution in [0.1, 0.15) is 28.7 Å². The number of hydrogen-bond acceptors (Lipinski definition) is 5. The van der Waals surface area contributed by atoms with Gasteiger partial charge in [0.2, 0.25) is 0 Å². The van der Waals surface area contributed by atoms with Gasteiger partial charge in [-0.25, -0.2) is 9.78 Å². The molecule has 0 aliphatic rings. The second kappa shape index (κ2) is 6.81. The van der Waals surface area contributed by atoms with Crippen molar-refractivity contribution in [2.24, 2.45) is 0 Å². The number of carbonyl (C=O) groups excluding carboxylic acids is 1. The van der Waals surface area contributed by atoms with Crippen molar-refractivity contribution >= 4 is 5.97 Å². The number of nitrogens with one attached hydrogen (secondary N) is 1. The number of rotatable bonds is 6. The molecule has 0 radical (unpaired) electrons. The molecule has 20 heavy (non-hydrogen) atoms. The summed E-state index contributed by atoms with van der Waals surface area (Å²) >= 11 is 0. The maximum Gasteiger partial charge on any atom is 0.339 e. The lowest BCUT2D eigenvalue weighted by molar-refractivity contribution is 0.0600. The third-order valence-electron chi connectivity index (χ3n) is 2.83. The Morgan fingerprint density at radius 3 is 2.85 bits per heavy atom. The zero-order valence-electron chi connectivity index (χ0n) is 11.7. The van der Waals surface area contributed by atoms with E-state index in [9.17, 15) is 4.79 Å². The Morgan fingerprint density at radius 2 is 2.20 bits per heavy atom. The van der Waals surface area contributed by atoms with Gasteiger partial charge in [-0.2, -0.15) is 0 Å². The van der Waals surface area contributed by atoms with E-state index in [4.69, 9.17) is 0 Å². The number of ether oxygens (including phenoxy) is 1. The Morgan fingerprint density at radius 1 is 1.35 bits per heavy atom. The second-order valence-corrected chi connectivity index (χ2v) is 4.35. The van der Waals surface area contributed by atoms with Crippen molar-refractivity contribution in [2.45, 2.75) is 20.0 Å². The molecule has 0 fully saturated rings. The normalized spacial score (nSPS) is 10.5. The Bertz CT molecular complexity index is 563. The van der Waals surface area contributed by atoms with E-state index in [1.807, 2.05) is 16.8 Å². The first-order valence-corrected chi connectivity index (χ1v) is 6.47. The summed E-state index contributed by atoms with van der Waals surface area (Å²) in [5.41, 5.74) is 2.32. The standard InChI is InChI=1S/C14H18N4O2/c1-3-15-7-13-9-18(10-17-13)8-12-5-4-11(6-16-12)14(19)20-2/h4-6,9-10,15H,3,7-8H2,1-2H3. The van der Waals surface area contributed by atoms with E-state index in [2.05, 4.69) is 26.9 Å². The van der Waals surface area contributed by atoms with Crippen molar-refractivity contribution in [3.63, 3.8) is 0 Å². The highest BCUT2D eigenvalue weighted by Crippen LogP contribution is 2.05. The molecular formula is C14H18N4O2. The molecule has 0 amide bonds. The SMILES string of the molecule is CCNCc1cn(Cc2ccc(C(=O)OC)cn2)cn1. The van der Waals surface area contributed by atoms with Crippen LogP contribution in [0.25, 0.3) is 0 Å². The van der Waals surface area contributed by atoms with Crippen molar-refractivity contribution < 1.29 is 9.53 Å². The maximum atomic E-state index is 11.3. The maximum absolute atomic E-state index is 11.3. The molecule has 2 aromatic heterocycles. The van der Waals surface area contributed by atoms with E-state index in [0.717, 1.165) is 24.5 Å². The number of nitrogens with zero attached hydrogens (tertiary/aromatic N) is 3. The molecule has 0 saturated heterocycles. The number of aromatic nitrogens is 3. The monoisotopic (exact) mass is 274 g/mol. The molecular weight excluding hydrogens is 256 g/mol.